The maximum atomic E-state index is 11.7. The van der Waals surface area contributed by atoms with Gasteiger partial charge in [-0.15, -0.1) is 0 Å². The Morgan fingerprint density at radius 2 is 2.11 bits per heavy atom. The van der Waals surface area contributed by atoms with E-state index < -0.39 is 0 Å². The number of hydrogen-bond donors (Lipinski definition) is 2. The van der Waals surface area contributed by atoms with E-state index in [0.717, 1.165) is 23.2 Å². The molecule has 0 aliphatic carbocycles. The summed E-state index contributed by atoms with van der Waals surface area (Å²) in [5, 5.41) is 2.76. The van der Waals surface area contributed by atoms with Crippen LogP contribution in [0.5, 0.6) is 0 Å². The second-order valence-corrected chi connectivity index (χ2v) is 4.82. The Morgan fingerprint density at radius 1 is 1.42 bits per heavy atom. The van der Waals surface area contributed by atoms with Gasteiger partial charge in [-0.05, 0) is 32.0 Å². The molecule has 0 aliphatic heterocycles. The van der Waals surface area contributed by atoms with Crippen molar-refractivity contribution in [2.24, 2.45) is 10.7 Å². The lowest BCUT2D eigenvalue weighted by Crippen LogP contribution is -2.37. The molecule has 0 radical (unpaired) electrons. The van der Waals surface area contributed by atoms with Gasteiger partial charge in [0.25, 0.3) is 0 Å². The van der Waals surface area contributed by atoms with Crippen LogP contribution in [0.4, 0.5) is 5.69 Å². The number of rotatable bonds is 5. The fourth-order valence-electron chi connectivity index (χ4n) is 1.57. The molecule has 0 atom stereocenters. The molecule has 3 N–H and O–H groups in total. The molecular formula is C13H19BrN4O. The highest BCUT2D eigenvalue weighted by Crippen LogP contribution is 2.15. The van der Waals surface area contributed by atoms with E-state index in [9.17, 15) is 4.79 Å². The predicted octanol–water partition coefficient (Wildman–Crippen LogP) is 2.04. The molecule has 1 rings (SSSR count). The molecule has 19 heavy (non-hydrogen) atoms. The van der Waals surface area contributed by atoms with Gasteiger partial charge in [0.2, 0.25) is 5.91 Å². The van der Waals surface area contributed by atoms with E-state index in [1.54, 1.807) is 0 Å². The molecule has 104 valence electrons. The lowest BCUT2D eigenvalue weighted by Gasteiger charge is -2.19. The van der Waals surface area contributed by atoms with Crippen LogP contribution in [-0.2, 0) is 4.79 Å². The van der Waals surface area contributed by atoms with Crippen LogP contribution < -0.4 is 11.1 Å². The number of hydrogen-bond acceptors (Lipinski definition) is 2. The summed E-state index contributed by atoms with van der Waals surface area (Å²) in [6.07, 6.45) is 0. The van der Waals surface area contributed by atoms with Crippen LogP contribution in [0, 0.1) is 0 Å². The minimum absolute atomic E-state index is 0.0227. The van der Waals surface area contributed by atoms with E-state index in [4.69, 9.17) is 5.73 Å². The van der Waals surface area contributed by atoms with E-state index in [1.807, 2.05) is 43.0 Å². The molecule has 0 spiro atoms. The number of nitrogens with zero attached hydrogens (tertiary/aromatic N) is 2. The molecular weight excluding hydrogens is 308 g/mol. The van der Waals surface area contributed by atoms with Crippen molar-refractivity contribution >= 4 is 33.5 Å². The van der Waals surface area contributed by atoms with Gasteiger partial charge in [-0.3, -0.25) is 4.79 Å². The molecule has 6 heteroatoms. The Morgan fingerprint density at radius 3 is 2.68 bits per heavy atom. The summed E-state index contributed by atoms with van der Waals surface area (Å²) in [5.41, 5.74) is 6.53. The van der Waals surface area contributed by atoms with Gasteiger partial charge in [-0.25, -0.2) is 4.99 Å². The van der Waals surface area contributed by atoms with Crippen LogP contribution in [-0.4, -0.2) is 36.4 Å². The van der Waals surface area contributed by atoms with Crippen molar-refractivity contribution in [1.29, 1.82) is 0 Å². The number of carbonyl (C=O) groups is 1. The average Bonchev–Trinajstić information content (AvgIpc) is 2.38. The minimum atomic E-state index is -0.187. The smallest absolute Gasteiger partial charge is 0.246 e. The SMILES string of the molecule is CCN(CC)C(N)=NCC(=O)Nc1cccc(Br)c1. The Kier molecular flexibility index (Phi) is 6.35. The number of nitrogens with one attached hydrogen (secondary N) is 1. The number of halogens is 1. The van der Waals surface area contributed by atoms with Crippen LogP contribution >= 0.6 is 15.9 Å². The molecule has 0 fully saturated rings. The molecule has 0 heterocycles. The van der Waals surface area contributed by atoms with Crippen molar-refractivity contribution in [3.8, 4) is 0 Å². The molecule has 1 aromatic rings. The highest BCUT2D eigenvalue weighted by atomic mass is 79.9. The van der Waals surface area contributed by atoms with Crippen molar-refractivity contribution in [2.45, 2.75) is 13.8 Å². The van der Waals surface area contributed by atoms with Crippen LogP contribution in [0.2, 0.25) is 0 Å². The number of guanidine groups is 1. The molecule has 5 nitrogen and oxygen atoms in total. The van der Waals surface area contributed by atoms with E-state index in [2.05, 4.69) is 26.2 Å². The number of carbonyl (C=O) groups excluding carboxylic acids is 1. The Bertz CT molecular complexity index is 458. The normalized spacial score (nSPS) is 11.2. The largest absolute Gasteiger partial charge is 0.370 e. The summed E-state index contributed by atoms with van der Waals surface area (Å²) >= 11 is 3.35. The number of amides is 1. The number of anilines is 1. The van der Waals surface area contributed by atoms with Gasteiger partial charge in [-0.1, -0.05) is 22.0 Å². The Labute approximate surface area is 122 Å². The lowest BCUT2D eigenvalue weighted by atomic mass is 10.3. The molecule has 1 aromatic carbocycles. The van der Waals surface area contributed by atoms with Gasteiger partial charge in [-0.2, -0.15) is 0 Å². The molecule has 1 amide bonds. The van der Waals surface area contributed by atoms with E-state index in [0.29, 0.717) is 5.96 Å². The van der Waals surface area contributed by atoms with Gasteiger partial charge in [0.1, 0.15) is 6.54 Å². The van der Waals surface area contributed by atoms with Crippen molar-refractivity contribution in [3.63, 3.8) is 0 Å². The molecule has 0 saturated carbocycles. The minimum Gasteiger partial charge on any atom is -0.370 e. The maximum Gasteiger partial charge on any atom is 0.246 e. The fraction of sp³-hybridized carbons (Fsp3) is 0.385. The summed E-state index contributed by atoms with van der Waals surface area (Å²) in [6, 6.07) is 7.40. The zero-order chi connectivity index (χ0) is 14.3. The van der Waals surface area contributed by atoms with Gasteiger partial charge in [0.15, 0.2) is 5.96 Å². The zero-order valence-electron chi connectivity index (χ0n) is 11.2. The van der Waals surface area contributed by atoms with Crippen LogP contribution in [0.1, 0.15) is 13.8 Å². The summed E-state index contributed by atoms with van der Waals surface area (Å²) in [7, 11) is 0. The first kappa shape index (κ1) is 15.5. The number of nitrogens with two attached hydrogens (primary N) is 1. The summed E-state index contributed by atoms with van der Waals surface area (Å²) in [4.78, 5) is 17.7. The molecule has 0 aromatic heterocycles. The topological polar surface area (TPSA) is 70.7 Å². The standard InChI is InChI=1S/C13H19BrN4O/c1-3-18(4-2)13(15)16-9-12(19)17-11-7-5-6-10(14)8-11/h5-8H,3-4,9H2,1-2H3,(H2,15,16)(H,17,19). The third kappa shape index (κ3) is 5.30. The van der Waals surface area contributed by atoms with Crippen LogP contribution in [0.3, 0.4) is 0 Å². The third-order valence-corrected chi connectivity index (χ3v) is 3.07. The third-order valence-electron chi connectivity index (χ3n) is 2.58. The van der Waals surface area contributed by atoms with Gasteiger partial charge in [0.05, 0.1) is 0 Å². The van der Waals surface area contributed by atoms with Gasteiger partial charge >= 0.3 is 0 Å². The van der Waals surface area contributed by atoms with Crippen LogP contribution in [0.25, 0.3) is 0 Å². The van der Waals surface area contributed by atoms with E-state index in [1.165, 1.54) is 0 Å². The highest BCUT2D eigenvalue weighted by Gasteiger charge is 2.05. The zero-order valence-corrected chi connectivity index (χ0v) is 12.8. The van der Waals surface area contributed by atoms with Crippen LogP contribution in [0.15, 0.2) is 33.7 Å². The molecule has 0 unspecified atom stereocenters. The Balaban J connectivity index is 2.54. The van der Waals surface area contributed by atoms with Crippen molar-refractivity contribution < 1.29 is 4.79 Å². The quantitative estimate of drug-likeness (QED) is 0.642. The van der Waals surface area contributed by atoms with Gasteiger partial charge in [0, 0.05) is 23.2 Å². The van der Waals surface area contributed by atoms with Crippen molar-refractivity contribution in [1.82, 2.24) is 4.90 Å². The first-order valence-corrected chi connectivity index (χ1v) is 6.96. The second-order valence-electron chi connectivity index (χ2n) is 3.91. The summed E-state index contributed by atoms with van der Waals surface area (Å²) in [5.74, 6) is 0.211. The summed E-state index contributed by atoms with van der Waals surface area (Å²) in [6.45, 7) is 5.56. The lowest BCUT2D eigenvalue weighted by molar-refractivity contribution is -0.114. The maximum absolute atomic E-state index is 11.7. The van der Waals surface area contributed by atoms with Gasteiger partial charge < -0.3 is 16.0 Å². The predicted molar refractivity (Wildman–Crippen MR) is 82.2 cm³/mol. The summed E-state index contributed by atoms with van der Waals surface area (Å²) < 4.78 is 0.913. The van der Waals surface area contributed by atoms with Crippen molar-refractivity contribution in [2.75, 3.05) is 25.0 Å². The number of aliphatic imine (C=N–C) groups is 1. The van der Waals surface area contributed by atoms with E-state index >= 15 is 0 Å². The second kappa shape index (κ2) is 7.78. The number of benzene rings is 1. The van der Waals surface area contributed by atoms with E-state index in [-0.39, 0.29) is 12.5 Å². The Hall–Kier alpha value is -1.56. The average molecular weight is 327 g/mol. The van der Waals surface area contributed by atoms with Crippen molar-refractivity contribution in [3.05, 3.63) is 28.7 Å². The monoisotopic (exact) mass is 326 g/mol. The first-order valence-electron chi connectivity index (χ1n) is 6.17. The fourth-order valence-corrected chi connectivity index (χ4v) is 1.97. The molecule has 0 aliphatic rings. The molecule has 0 saturated heterocycles. The molecule has 0 bridgehead atoms. The first-order chi connectivity index (χ1) is 9.06. The highest BCUT2D eigenvalue weighted by molar-refractivity contribution is 9.10.